The number of halogens is 2. The molecule has 11 heavy (non-hydrogen) atoms. The van der Waals surface area contributed by atoms with Gasteiger partial charge in [-0.05, 0) is 25.3 Å². The predicted octanol–water partition coefficient (Wildman–Crippen LogP) is 2.97. The summed E-state index contributed by atoms with van der Waals surface area (Å²) < 4.78 is 28.0. The van der Waals surface area contributed by atoms with Crippen LogP contribution in [-0.2, 0) is 4.74 Å². The first-order chi connectivity index (χ1) is 5.27. The van der Waals surface area contributed by atoms with E-state index in [9.17, 15) is 8.78 Å². The molecule has 0 atom stereocenters. The summed E-state index contributed by atoms with van der Waals surface area (Å²) in [6.45, 7) is 3.32. The Balaban J connectivity index is 2.97. The lowest BCUT2D eigenvalue weighted by Crippen LogP contribution is -1.94. The molecule has 0 saturated heterocycles. The van der Waals surface area contributed by atoms with Gasteiger partial charge in [-0.15, -0.1) is 0 Å². The lowest BCUT2D eigenvalue weighted by atomic mass is 10.3. The highest BCUT2D eigenvalue weighted by atomic mass is 19.3. The molecule has 0 aromatic carbocycles. The first kappa shape index (κ1) is 10.6. The van der Waals surface area contributed by atoms with Crippen LogP contribution in [0, 0.1) is 0 Å². The molecule has 0 N–H and O–H groups in total. The third kappa shape index (κ3) is 9.56. The van der Waals surface area contributed by atoms with Crippen LogP contribution < -0.4 is 0 Å². The van der Waals surface area contributed by atoms with Crippen LogP contribution in [0.3, 0.4) is 0 Å². The van der Waals surface area contributed by atoms with E-state index in [1.54, 1.807) is 0 Å². The maximum absolute atomic E-state index is 11.4. The van der Waals surface area contributed by atoms with Gasteiger partial charge in [-0.25, -0.2) is 0 Å². The number of rotatable bonds is 6. The molecule has 0 aliphatic heterocycles. The normalized spacial score (nSPS) is 9.73. The van der Waals surface area contributed by atoms with Crippen molar-refractivity contribution in [3.8, 4) is 0 Å². The number of allylic oxidation sites excluding steroid dienone is 1. The van der Waals surface area contributed by atoms with Crippen molar-refractivity contribution < 1.29 is 13.5 Å². The van der Waals surface area contributed by atoms with E-state index in [-0.39, 0.29) is 0 Å². The van der Waals surface area contributed by atoms with Crippen molar-refractivity contribution in [2.24, 2.45) is 0 Å². The van der Waals surface area contributed by atoms with Gasteiger partial charge < -0.3 is 4.74 Å². The van der Waals surface area contributed by atoms with Gasteiger partial charge in [0.25, 0.3) is 6.08 Å². The summed E-state index contributed by atoms with van der Waals surface area (Å²) in [6.07, 6.45) is 1.40. The van der Waals surface area contributed by atoms with E-state index in [1.807, 2.05) is 6.92 Å². The van der Waals surface area contributed by atoms with Gasteiger partial charge in [-0.2, -0.15) is 8.78 Å². The second kappa shape index (κ2) is 7.66. The van der Waals surface area contributed by atoms with E-state index in [0.717, 1.165) is 19.1 Å². The Morgan fingerprint density at radius 3 is 2.64 bits per heavy atom. The van der Waals surface area contributed by atoms with Gasteiger partial charge in [0.1, 0.15) is 0 Å². The average molecular weight is 164 g/mol. The Morgan fingerprint density at radius 1 is 1.36 bits per heavy atom. The van der Waals surface area contributed by atoms with Gasteiger partial charge in [0.05, 0.1) is 0 Å². The molecule has 0 bridgehead atoms. The third-order valence-electron chi connectivity index (χ3n) is 1.14. The molecule has 0 fully saturated rings. The van der Waals surface area contributed by atoms with Crippen LogP contribution >= 0.6 is 0 Å². The quantitative estimate of drug-likeness (QED) is 0.548. The van der Waals surface area contributed by atoms with E-state index in [1.165, 1.54) is 0 Å². The lowest BCUT2D eigenvalue weighted by molar-refractivity contribution is 0.133. The highest BCUT2D eigenvalue weighted by molar-refractivity contribution is 4.79. The van der Waals surface area contributed by atoms with Crippen LogP contribution in [-0.4, -0.2) is 13.2 Å². The summed E-state index contributed by atoms with van der Waals surface area (Å²) in [7, 11) is 0. The maximum Gasteiger partial charge on any atom is 0.266 e. The summed E-state index contributed by atoms with van der Waals surface area (Å²) in [5.74, 6) is 0. The van der Waals surface area contributed by atoms with E-state index in [2.05, 4.69) is 0 Å². The van der Waals surface area contributed by atoms with Crippen molar-refractivity contribution in [2.75, 3.05) is 13.2 Å². The molecule has 0 rings (SSSR count). The Morgan fingerprint density at radius 2 is 2.09 bits per heavy atom. The van der Waals surface area contributed by atoms with Crippen LogP contribution in [0.5, 0.6) is 0 Å². The zero-order chi connectivity index (χ0) is 8.53. The van der Waals surface area contributed by atoms with Gasteiger partial charge in [-0.1, -0.05) is 6.92 Å². The molecular formula is C8H14F2O. The average Bonchev–Trinajstić information content (AvgIpc) is 1.96. The maximum atomic E-state index is 11.4. The zero-order valence-corrected chi connectivity index (χ0v) is 6.78. The van der Waals surface area contributed by atoms with E-state index >= 15 is 0 Å². The molecule has 0 radical (unpaired) electrons. The molecule has 0 amide bonds. The summed E-state index contributed by atoms with van der Waals surface area (Å²) in [6, 6.07) is 0. The van der Waals surface area contributed by atoms with Crippen molar-refractivity contribution >= 4 is 0 Å². The Kier molecular flexibility index (Phi) is 7.36. The number of hydrogen-bond acceptors (Lipinski definition) is 1. The van der Waals surface area contributed by atoms with Crippen molar-refractivity contribution in [1.82, 2.24) is 0 Å². The molecule has 66 valence electrons. The van der Waals surface area contributed by atoms with Gasteiger partial charge in [0.15, 0.2) is 0 Å². The minimum atomic E-state index is -1.60. The first-order valence-electron chi connectivity index (χ1n) is 3.86. The zero-order valence-electron chi connectivity index (χ0n) is 6.78. The topological polar surface area (TPSA) is 9.23 Å². The molecule has 0 aliphatic rings. The fourth-order valence-electron chi connectivity index (χ4n) is 0.643. The Labute approximate surface area is 66.0 Å². The minimum Gasteiger partial charge on any atom is -0.381 e. The Bertz CT molecular complexity index is 109. The molecule has 0 aromatic rings. The van der Waals surface area contributed by atoms with E-state index in [0.29, 0.717) is 19.4 Å². The van der Waals surface area contributed by atoms with Crippen molar-refractivity contribution in [2.45, 2.75) is 26.2 Å². The van der Waals surface area contributed by atoms with Crippen LogP contribution in [0.1, 0.15) is 26.2 Å². The lowest BCUT2D eigenvalue weighted by Gasteiger charge is -1.98. The highest BCUT2D eigenvalue weighted by Gasteiger charge is 1.88. The number of unbranched alkanes of at least 4 members (excludes halogenated alkanes) is 1. The van der Waals surface area contributed by atoms with Crippen molar-refractivity contribution in [3.63, 3.8) is 0 Å². The second-order valence-electron chi connectivity index (χ2n) is 2.25. The van der Waals surface area contributed by atoms with Crippen LogP contribution in [0.2, 0.25) is 0 Å². The molecule has 0 saturated carbocycles. The van der Waals surface area contributed by atoms with Gasteiger partial charge in [-0.3, -0.25) is 0 Å². The predicted molar refractivity (Wildman–Crippen MR) is 40.6 cm³/mol. The van der Waals surface area contributed by atoms with Gasteiger partial charge >= 0.3 is 0 Å². The van der Waals surface area contributed by atoms with E-state index in [4.69, 9.17) is 4.74 Å². The highest BCUT2D eigenvalue weighted by Crippen LogP contribution is 2.01. The van der Waals surface area contributed by atoms with Crippen LogP contribution in [0.15, 0.2) is 12.2 Å². The second-order valence-corrected chi connectivity index (χ2v) is 2.25. The molecule has 0 aliphatic carbocycles. The summed E-state index contributed by atoms with van der Waals surface area (Å²) in [5, 5.41) is 0. The molecule has 3 heteroatoms. The largest absolute Gasteiger partial charge is 0.381 e. The third-order valence-corrected chi connectivity index (χ3v) is 1.14. The number of ether oxygens (including phenoxy) is 1. The molecule has 0 aromatic heterocycles. The Hall–Kier alpha value is -0.440. The SMILES string of the molecule is CCCOCCCC=C(F)F. The smallest absolute Gasteiger partial charge is 0.266 e. The molecule has 0 unspecified atom stereocenters. The first-order valence-corrected chi connectivity index (χ1v) is 3.86. The summed E-state index contributed by atoms with van der Waals surface area (Å²) >= 11 is 0. The molecule has 1 nitrogen and oxygen atoms in total. The van der Waals surface area contributed by atoms with Crippen LogP contribution in [0.25, 0.3) is 0 Å². The standard InChI is InChI=1S/C8H14F2O/c1-2-6-11-7-4-3-5-8(9)10/h5H,2-4,6-7H2,1H3. The summed E-state index contributed by atoms with van der Waals surface area (Å²) in [4.78, 5) is 0. The number of hydrogen-bond donors (Lipinski definition) is 0. The van der Waals surface area contributed by atoms with E-state index < -0.39 is 6.08 Å². The van der Waals surface area contributed by atoms with Gasteiger partial charge in [0, 0.05) is 13.2 Å². The summed E-state index contributed by atoms with van der Waals surface area (Å²) in [5.41, 5.74) is 0. The fourth-order valence-corrected chi connectivity index (χ4v) is 0.643. The molecule has 0 spiro atoms. The van der Waals surface area contributed by atoms with Crippen molar-refractivity contribution in [1.29, 1.82) is 0 Å². The minimum absolute atomic E-state index is 0.409. The van der Waals surface area contributed by atoms with Crippen LogP contribution in [0.4, 0.5) is 8.78 Å². The monoisotopic (exact) mass is 164 g/mol. The fraction of sp³-hybridized carbons (Fsp3) is 0.750. The molecular weight excluding hydrogens is 150 g/mol. The van der Waals surface area contributed by atoms with Gasteiger partial charge in [0.2, 0.25) is 0 Å². The van der Waals surface area contributed by atoms with Crippen molar-refractivity contribution in [3.05, 3.63) is 12.2 Å². The molecule has 0 heterocycles.